The largest absolute Gasteiger partial charge is 1.00 e. The molecule has 0 aliphatic heterocycles. The van der Waals surface area contributed by atoms with Crippen molar-refractivity contribution in [2.75, 3.05) is 6.54 Å². The van der Waals surface area contributed by atoms with Crippen LogP contribution in [0.2, 0.25) is 0 Å². The van der Waals surface area contributed by atoms with Gasteiger partial charge in [0.1, 0.15) is 0 Å². The van der Waals surface area contributed by atoms with Gasteiger partial charge in [0.2, 0.25) is 0 Å². The Morgan fingerprint density at radius 1 is 1.29 bits per heavy atom. The Labute approximate surface area is 127 Å². The standard InChI is InChI=1S/C7H13NO4.2Na/c1-2-8-5(7(11)12)3-4-6(9)10;;/h5,8H,2-4H2,1H3,(H,9,10)(H,11,12);;/q;2*+1/p-2/t5-;;/m0../s1. The molecule has 1 N–H and O–H groups in total. The molecule has 7 heteroatoms. The SMILES string of the molecule is CCN[C@@H](CCC(=O)[O-])C(=O)[O-].[Na+].[Na+]. The molecule has 1 atom stereocenters. The zero-order valence-corrected chi connectivity index (χ0v) is 12.8. The van der Waals surface area contributed by atoms with Crippen LogP contribution in [0.1, 0.15) is 19.8 Å². The minimum atomic E-state index is -1.28. The fourth-order valence-corrected chi connectivity index (χ4v) is 0.812. The van der Waals surface area contributed by atoms with Gasteiger partial charge in [0.05, 0.1) is 5.97 Å². The molecule has 0 unspecified atom stereocenters. The summed E-state index contributed by atoms with van der Waals surface area (Å²) in [6.45, 7) is 2.20. The molecule has 14 heavy (non-hydrogen) atoms. The molecule has 0 aromatic carbocycles. The van der Waals surface area contributed by atoms with Gasteiger partial charge >= 0.3 is 59.1 Å². The fourth-order valence-electron chi connectivity index (χ4n) is 0.812. The van der Waals surface area contributed by atoms with E-state index in [1.807, 2.05) is 0 Å². The minimum Gasteiger partial charge on any atom is -0.550 e. The number of hydrogen-bond donors (Lipinski definition) is 1. The number of carboxylic acids is 2. The van der Waals surface area contributed by atoms with E-state index in [4.69, 9.17) is 0 Å². The molecule has 0 bridgehead atoms. The van der Waals surface area contributed by atoms with E-state index in [1.165, 1.54) is 0 Å². The van der Waals surface area contributed by atoms with Crippen molar-refractivity contribution in [3.63, 3.8) is 0 Å². The van der Waals surface area contributed by atoms with Crippen LogP contribution in [-0.2, 0) is 9.59 Å². The summed E-state index contributed by atoms with van der Waals surface area (Å²) >= 11 is 0. The molecule has 0 rings (SSSR count). The first-order valence-corrected chi connectivity index (χ1v) is 3.72. The van der Waals surface area contributed by atoms with Crippen molar-refractivity contribution >= 4 is 11.9 Å². The van der Waals surface area contributed by atoms with Gasteiger partial charge in [-0.05, 0) is 19.4 Å². The molecular formula is C7H11NNa2O4. The Balaban J connectivity index is -0.000000605. The number of carbonyl (C=O) groups excluding carboxylic acids is 2. The summed E-state index contributed by atoms with van der Waals surface area (Å²) in [5.74, 6) is -2.53. The van der Waals surface area contributed by atoms with Gasteiger partial charge in [0.25, 0.3) is 0 Å². The van der Waals surface area contributed by atoms with Crippen LogP contribution in [0, 0.1) is 0 Å². The van der Waals surface area contributed by atoms with Crippen molar-refractivity contribution in [3.05, 3.63) is 0 Å². The summed E-state index contributed by atoms with van der Waals surface area (Å²) in [6, 6.07) is -0.895. The van der Waals surface area contributed by atoms with E-state index in [0.717, 1.165) is 0 Å². The van der Waals surface area contributed by atoms with Gasteiger partial charge in [-0.15, -0.1) is 0 Å². The average Bonchev–Trinajstić information content (AvgIpc) is 1.96. The van der Waals surface area contributed by atoms with Crippen molar-refractivity contribution in [2.45, 2.75) is 25.8 Å². The maximum Gasteiger partial charge on any atom is 1.00 e. The van der Waals surface area contributed by atoms with Gasteiger partial charge in [-0.3, -0.25) is 0 Å². The van der Waals surface area contributed by atoms with Crippen LogP contribution < -0.4 is 74.6 Å². The van der Waals surface area contributed by atoms with E-state index in [9.17, 15) is 19.8 Å². The fraction of sp³-hybridized carbons (Fsp3) is 0.714. The van der Waals surface area contributed by atoms with Crippen molar-refractivity contribution in [2.24, 2.45) is 0 Å². The third-order valence-corrected chi connectivity index (χ3v) is 1.37. The molecule has 0 radical (unpaired) electrons. The van der Waals surface area contributed by atoms with Crippen molar-refractivity contribution in [3.8, 4) is 0 Å². The monoisotopic (exact) mass is 219 g/mol. The normalized spacial score (nSPS) is 10.6. The van der Waals surface area contributed by atoms with Crippen molar-refractivity contribution < 1.29 is 78.9 Å². The van der Waals surface area contributed by atoms with Gasteiger partial charge < -0.3 is 25.1 Å². The zero-order chi connectivity index (χ0) is 9.56. The van der Waals surface area contributed by atoms with Gasteiger partial charge in [-0.2, -0.15) is 0 Å². The van der Waals surface area contributed by atoms with E-state index < -0.39 is 18.0 Å². The molecule has 0 aromatic rings. The van der Waals surface area contributed by atoms with Crippen molar-refractivity contribution in [1.29, 1.82) is 0 Å². The van der Waals surface area contributed by atoms with Gasteiger partial charge in [-0.25, -0.2) is 0 Å². The van der Waals surface area contributed by atoms with Crippen LogP contribution >= 0.6 is 0 Å². The predicted molar refractivity (Wildman–Crippen MR) is 36.7 cm³/mol. The minimum absolute atomic E-state index is 0. The summed E-state index contributed by atoms with van der Waals surface area (Å²) in [4.78, 5) is 20.3. The smallest absolute Gasteiger partial charge is 0.550 e. The number of likely N-dealkylation sites (N-methyl/N-ethyl adjacent to an activating group) is 1. The first-order chi connectivity index (χ1) is 5.57. The summed E-state index contributed by atoms with van der Waals surface area (Å²) in [7, 11) is 0. The summed E-state index contributed by atoms with van der Waals surface area (Å²) in [5.41, 5.74) is 0. The van der Waals surface area contributed by atoms with Gasteiger partial charge in [0.15, 0.2) is 0 Å². The molecule has 0 aromatic heterocycles. The molecule has 5 nitrogen and oxygen atoms in total. The quantitative estimate of drug-likeness (QED) is 0.448. The summed E-state index contributed by atoms with van der Waals surface area (Å²) < 4.78 is 0. The Hall–Kier alpha value is 0.900. The maximum absolute atomic E-state index is 10.3. The first kappa shape index (κ1) is 20.3. The number of carboxylic acid groups (broad SMARTS) is 2. The van der Waals surface area contributed by atoms with Crippen LogP contribution in [0.25, 0.3) is 0 Å². The predicted octanol–water partition coefficient (Wildman–Crippen LogP) is -8.75. The molecular weight excluding hydrogens is 208 g/mol. The van der Waals surface area contributed by atoms with Gasteiger partial charge in [-0.1, -0.05) is 6.92 Å². The summed E-state index contributed by atoms with van der Waals surface area (Å²) in [5, 5.41) is 22.9. The Morgan fingerprint density at radius 2 is 1.79 bits per heavy atom. The number of hydrogen-bond acceptors (Lipinski definition) is 5. The Bertz CT molecular complexity index is 177. The van der Waals surface area contributed by atoms with Crippen LogP contribution in [0.15, 0.2) is 0 Å². The maximum atomic E-state index is 10.3. The zero-order valence-electron chi connectivity index (χ0n) is 8.83. The Kier molecular flexibility index (Phi) is 17.4. The number of nitrogens with one attached hydrogen (secondary N) is 1. The van der Waals surface area contributed by atoms with Crippen LogP contribution in [0.3, 0.4) is 0 Å². The van der Waals surface area contributed by atoms with E-state index in [-0.39, 0.29) is 72.0 Å². The first-order valence-electron chi connectivity index (χ1n) is 3.72. The number of carbonyl (C=O) groups is 2. The second kappa shape index (κ2) is 12.0. The molecule has 0 saturated heterocycles. The summed E-state index contributed by atoms with van der Waals surface area (Å²) in [6.07, 6.45) is -0.274. The van der Waals surface area contributed by atoms with Crippen LogP contribution in [0.5, 0.6) is 0 Å². The topological polar surface area (TPSA) is 92.3 Å². The van der Waals surface area contributed by atoms with Crippen LogP contribution in [-0.4, -0.2) is 24.5 Å². The van der Waals surface area contributed by atoms with E-state index >= 15 is 0 Å². The number of aliphatic carboxylic acids is 2. The van der Waals surface area contributed by atoms with E-state index in [1.54, 1.807) is 6.92 Å². The molecule has 0 fully saturated rings. The molecule has 0 aliphatic carbocycles. The second-order valence-electron chi connectivity index (χ2n) is 2.34. The molecule has 0 saturated carbocycles. The van der Waals surface area contributed by atoms with Crippen molar-refractivity contribution in [1.82, 2.24) is 5.32 Å². The Morgan fingerprint density at radius 3 is 2.07 bits per heavy atom. The average molecular weight is 219 g/mol. The number of rotatable bonds is 6. The molecule has 0 aliphatic rings. The van der Waals surface area contributed by atoms with E-state index in [2.05, 4.69) is 5.32 Å². The third-order valence-electron chi connectivity index (χ3n) is 1.37. The third kappa shape index (κ3) is 11.0. The molecule has 0 heterocycles. The van der Waals surface area contributed by atoms with Gasteiger partial charge in [0, 0.05) is 12.0 Å². The molecule has 0 amide bonds. The van der Waals surface area contributed by atoms with E-state index in [0.29, 0.717) is 6.54 Å². The molecule has 70 valence electrons. The second-order valence-corrected chi connectivity index (χ2v) is 2.34. The molecule has 0 spiro atoms. The van der Waals surface area contributed by atoms with Crippen LogP contribution in [0.4, 0.5) is 0 Å².